The van der Waals surface area contributed by atoms with E-state index in [9.17, 15) is 9.18 Å². The Kier molecular flexibility index (Phi) is 6.24. The SMILES string of the molecule is COCC1C2CCC(C(Oc3ccc(C)cn3)C2)N1C(=O)c1cccc(F)c1-c1ncccn1. The fourth-order valence-corrected chi connectivity index (χ4v) is 5.28. The van der Waals surface area contributed by atoms with E-state index in [-0.39, 0.29) is 47.0 Å². The van der Waals surface area contributed by atoms with Crippen LogP contribution in [-0.4, -0.2) is 57.7 Å². The maximum absolute atomic E-state index is 15.0. The summed E-state index contributed by atoms with van der Waals surface area (Å²) in [7, 11) is 1.64. The summed E-state index contributed by atoms with van der Waals surface area (Å²) in [4.78, 5) is 28.7. The molecule has 4 heterocycles. The lowest BCUT2D eigenvalue weighted by atomic mass is 9.72. The van der Waals surface area contributed by atoms with Gasteiger partial charge in [0.2, 0.25) is 5.88 Å². The molecule has 176 valence electrons. The Morgan fingerprint density at radius 2 is 1.94 bits per heavy atom. The summed E-state index contributed by atoms with van der Waals surface area (Å²) in [5.41, 5.74) is 1.41. The van der Waals surface area contributed by atoms with Crippen molar-refractivity contribution in [3.05, 3.63) is 71.9 Å². The Hall–Kier alpha value is -3.39. The zero-order chi connectivity index (χ0) is 23.7. The second-order valence-corrected chi connectivity index (χ2v) is 8.94. The third kappa shape index (κ3) is 4.14. The fraction of sp³-hybridized carbons (Fsp3) is 0.385. The number of aromatic nitrogens is 3. The molecule has 34 heavy (non-hydrogen) atoms. The Bertz CT molecular complexity index is 1160. The highest BCUT2D eigenvalue weighted by Gasteiger charge is 2.50. The number of nitrogens with zero attached hydrogens (tertiary/aromatic N) is 4. The summed E-state index contributed by atoms with van der Waals surface area (Å²) in [5.74, 6) is 0.159. The number of hydrogen-bond donors (Lipinski definition) is 0. The summed E-state index contributed by atoms with van der Waals surface area (Å²) in [6.45, 7) is 2.39. The van der Waals surface area contributed by atoms with Gasteiger partial charge in [-0.2, -0.15) is 0 Å². The molecular weight excluding hydrogens is 435 g/mol. The van der Waals surface area contributed by atoms with Gasteiger partial charge in [0.1, 0.15) is 11.9 Å². The predicted octanol–water partition coefficient (Wildman–Crippen LogP) is 4.07. The van der Waals surface area contributed by atoms with Crippen molar-refractivity contribution in [2.24, 2.45) is 5.92 Å². The molecule has 2 bridgehead atoms. The van der Waals surface area contributed by atoms with Crippen LogP contribution >= 0.6 is 0 Å². The number of halogens is 1. The van der Waals surface area contributed by atoms with Crippen LogP contribution in [0.2, 0.25) is 0 Å². The van der Waals surface area contributed by atoms with Gasteiger partial charge in [0.25, 0.3) is 5.91 Å². The normalized spacial score (nSPS) is 23.7. The lowest BCUT2D eigenvalue weighted by Crippen LogP contribution is -2.65. The molecule has 1 amide bonds. The van der Waals surface area contributed by atoms with Crippen LogP contribution in [0.4, 0.5) is 4.39 Å². The van der Waals surface area contributed by atoms with E-state index in [4.69, 9.17) is 9.47 Å². The van der Waals surface area contributed by atoms with Crippen LogP contribution in [0, 0.1) is 18.7 Å². The van der Waals surface area contributed by atoms with Gasteiger partial charge in [-0.25, -0.2) is 19.3 Å². The first-order valence-electron chi connectivity index (χ1n) is 11.5. The topological polar surface area (TPSA) is 77.4 Å². The molecule has 1 aliphatic carbocycles. The summed E-state index contributed by atoms with van der Waals surface area (Å²) >= 11 is 0. The Balaban J connectivity index is 1.51. The molecule has 8 heteroatoms. The summed E-state index contributed by atoms with van der Waals surface area (Å²) in [5, 5.41) is 0. The van der Waals surface area contributed by atoms with Gasteiger partial charge in [-0.1, -0.05) is 12.1 Å². The number of aryl methyl sites for hydroxylation is 1. The van der Waals surface area contributed by atoms with Crippen molar-refractivity contribution in [3.63, 3.8) is 0 Å². The lowest BCUT2D eigenvalue weighted by molar-refractivity contribution is -0.0823. The number of rotatable bonds is 6. The van der Waals surface area contributed by atoms with E-state index in [1.807, 2.05) is 24.0 Å². The van der Waals surface area contributed by atoms with Gasteiger partial charge in [-0.3, -0.25) is 4.79 Å². The molecule has 7 nitrogen and oxygen atoms in total. The second kappa shape index (κ2) is 9.46. The van der Waals surface area contributed by atoms with E-state index in [1.54, 1.807) is 31.5 Å². The van der Waals surface area contributed by atoms with Gasteiger partial charge in [-0.15, -0.1) is 0 Å². The zero-order valence-corrected chi connectivity index (χ0v) is 19.2. The first kappa shape index (κ1) is 22.4. The zero-order valence-electron chi connectivity index (χ0n) is 19.2. The molecule has 6 rings (SSSR count). The smallest absolute Gasteiger partial charge is 0.255 e. The standard InChI is InChI=1S/C26H27FN4O3/c1-16-7-10-23(30-14-16)34-22-13-17-8-9-20(22)31(21(17)15-33-2)26(32)18-5-3-6-19(27)24(18)25-28-11-4-12-29-25/h3-7,10-12,14,17,20-22H,8-9,13,15H2,1-2H3. The molecule has 2 aromatic heterocycles. The minimum atomic E-state index is -0.529. The molecular formula is C26H27FN4O3. The van der Waals surface area contributed by atoms with Crippen molar-refractivity contribution in [2.45, 2.75) is 44.4 Å². The minimum absolute atomic E-state index is 0.114. The van der Waals surface area contributed by atoms with E-state index >= 15 is 0 Å². The third-order valence-electron chi connectivity index (χ3n) is 6.82. The number of methoxy groups -OCH3 is 1. The number of ether oxygens (including phenoxy) is 2. The van der Waals surface area contributed by atoms with Crippen LogP contribution < -0.4 is 4.74 Å². The fourth-order valence-electron chi connectivity index (χ4n) is 5.28. The number of amides is 1. The number of carbonyl (C=O) groups is 1. The van der Waals surface area contributed by atoms with Gasteiger partial charge in [0.15, 0.2) is 5.82 Å². The van der Waals surface area contributed by atoms with Crippen LogP contribution in [0.3, 0.4) is 0 Å². The maximum Gasteiger partial charge on any atom is 0.255 e. The Morgan fingerprint density at radius 1 is 1.12 bits per heavy atom. The number of hydrogen-bond acceptors (Lipinski definition) is 6. The van der Waals surface area contributed by atoms with E-state index in [0.717, 1.165) is 24.8 Å². The van der Waals surface area contributed by atoms with Crippen LogP contribution in [0.25, 0.3) is 11.4 Å². The number of fused-ring (bicyclic) bond motifs is 3. The first-order valence-corrected chi connectivity index (χ1v) is 11.5. The van der Waals surface area contributed by atoms with E-state index < -0.39 is 5.82 Å². The van der Waals surface area contributed by atoms with Crippen LogP contribution in [0.5, 0.6) is 5.88 Å². The highest BCUT2D eigenvalue weighted by atomic mass is 19.1. The van der Waals surface area contributed by atoms with Crippen molar-refractivity contribution >= 4 is 5.91 Å². The largest absolute Gasteiger partial charge is 0.472 e. The quantitative estimate of drug-likeness (QED) is 0.550. The molecule has 3 fully saturated rings. The molecule has 1 aromatic carbocycles. The maximum atomic E-state index is 15.0. The highest BCUT2D eigenvalue weighted by Crippen LogP contribution is 2.42. The summed E-state index contributed by atoms with van der Waals surface area (Å²) in [6.07, 6.45) is 7.26. The van der Waals surface area contributed by atoms with Crippen molar-refractivity contribution in [1.82, 2.24) is 19.9 Å². The van der Waals surface area contributed by atoms with Crippen molar-refractivity contribution in [3.8, 4) is 17.3 Å². The van der Waals surface area contributed by atoms with Crippen LogP contribution in [0.1, 0.15) is 35.2 Å². The number of benzene rings is 1. The molecule has 3 aliphatic rings. The van der Waals surface area contributed by atoms with Gasteiger partial charge >= 0.3 is 0 Å². The number of pyridine rings is 1. The molecule has 4 atom stereocenters. The predicted molar refractivity (Wildman–Crippen MR) is 124 cm³/mol. The van der Waals surface area contributed by atoms with Crippen molar-refractivity contribution in [1.29, 1.82) is 0 Å². The number of piperidine rings is 2. The average molecular weight is 463 g/mol. The van der Waals surface area contributed by atoms with Crippen molar-refractivity contribution in [2.75, 3.05) is 13.7 Å². The lowest BCUT2D eigenvalue weighted by Gasteiger charge is -2.54. The Labute approximate surface area is 198 Å². The van der Waals surface area contributed by atoms with Gasteiger partial charge in [0.05, 0.1) is 29.8 Å². The van der Waals surface area contributed by atoms with Crippen LogP contribution in [0.15, 0.2) is 55.0 Å². The molecule has 2 saturated heterocycles. The van der Waals surface area contributed by atoms with Gasteiger partial charge in [0, 0.05) is 31.8 Å². The minimum Gasteiger partial charge on any atom is -0.472 e. The van der Waals surface area contributed by atoms with Crippen molar-refractivity contribution < 1.29 is 18.7 Å². The molecule has 3 aromatic rings. The first-order chi connectivity index (χ1) is 16.6. The highest BCUT2D eigenvalue weighted by molar-refractivity contribution is 6.00. The van der Waals surface area contributed by atoms with Crippen LogP contribution in [-0.2, 0) is 4.74 Å². The van der Waals surface area contributed by atoms with Gasteiger partial charge in [-0.05, 0) is 55.9 Å². The molecule has 2 aliphatic heterocycles. The monoisotopic (exact) mass is 462 g/mol. The molecule has 1 saturated carbocycles. The average Bonchev–Trinajstić information content (AvgIpc) is 2.86. The second-order valence-electron chi connectivity index (χ2n) is 8.94. The van der Waals surface area contributed by atoms with Gasteiger partial charge < -0.3 is 14.4 Å². The molecule has 0 radical (unpaired) electrons. The van der Waals surface area contributed by atoms with E-state index in [0.29, 0.717) is 12.5 Å². The summed E-state index contributed by atoms with van der Waals surface area (Å²) in [6, 6.07) is 9.70. The van der Waals surface area contributed by atoms with E-state index in [2.05, 4.69) is 15.0 Å². The van der Waals surface area contributed by atoms with E-state index in [1.165, 1.54) is 18.5 Å². The molecule has 0 N–H and O–H groups in total. The molecule has 4 unspecified atom stereocenters. The molecule has 0 spiro atoms. The third-order valence-corrected chi connectivity index (χ3v) is 6.82. The number of carbonyl (C=O) groups excluding carboxylic acids is 1. The summed E-state index contributed by atoms with van der Waals surface area (Å²) < 4.78 is 26.8. The Morgan fingerprint density at radius 3 is 2.68 bits per heavy atom.